The standard InChI is InChI=1S/C11H10F3N3O2S/c1-7-15-6-10(16-7)20(18,19)17-9-5-3-2-4-8(9)11(12,13)14/h2-6,17H,1H3,(H,15,16). The summed E-state index contributed by atoms with van der Waals surface area (Å²) < 4.78 is 64.1. The van der Waals surface area contributed by atoms with Gasteiger partial charge in [-0.2, -0.15) is 21.6 Å². The van der Waals surface area contributed by atoms with Crippen molar-refractivity contribution in [3.63, 3.8) is 0 Å². The molecule has 1 heterocycles. The number of H-pyrrole nitrogens is 1. The van der Waals surface area contributed by atoms with Gasteiger partial charge in [0.25, 0.3) is 10.0 Å². The van der Waals surface area contributed by atoms with Crippen LogP contribution in [0.2, 0.25) is 0 Å². The number of anilines is 1. The number of aromatic amines is 1. The fourth-order valence-corrected chi connectivity index (χ4v) is 2.60. The smallest absolute Gasteiger partial charge is 0.332 e. The maximum Gasteiger partial charge on any atom is 0.418 e. The van der Waals surface area contributed by atoms with Crippen LogP contribution in [-0.4, -0.2) is 18.4 Å². The molecule has 5 nitrogen and oxygen atoms in total. The van der Waals surface area contributed by atoms with E-state index in [1.807, 2.05) is 4.72 Å². The molecule has 0 bridgehead atoms. The quantitative estimate of drug-likeness (QED) is 0.915. The molecule has 108 valence electrons. The van der Waals surface area contributed by atoms with Crippen molar-refractivity contribution < 1.29 is 21.6 Å². The fourth-order valence-electron chi connectivity index (χ4n) is 1.55. The lowest BCUT2D eigenvalue weighted by Gasteiger charge is -2.13. The number of aromatic nitrogens is 2. The van der Waals surface area contributed by atoms with Gasteiger partial charge < -0.3 is 4.98 Å². The minimum Gasteiger partial charge on any atom is -0.332 e. The summed E-state index contributed by atoms with van der Waals surface area (Å²) in [7, 11) is -4.14. The summed E-state index contributed by atoms with van der Waals surface area (Å²) >= 11 is 0. The molecule has 20 heavy (non-hydrogen) atoms. The van der Waals surface area contributed by atoms with Crippen LogP contribution in [0.25, 0.3) is 0 Å². The van der Waals surface area contributed by atoms with Crippen molar-refractivity contribution in [1.82, 2.24) is 9.97 Å². The van der Waals surface area contributed by atoms with Crippen LogP contribution in [0.15, 0.2) is 35.5 Å². The zero-order chi connectivity index (χ0) is 15.0. The second-order valence-electron chi connectivity index (χ2n) is 3.98. The number of nitrogens with zero attached hydrogens (tertiary/aromatic N) is 1. The zero-order valence-electron chi connectivity index (χ0n) is 10.2. The highest BCUT2D eigenvalue weighted by Crippen LogP contribution is 2.35. The Hall–Kier alpha value is -2.03. The molecule has 0 radical (unpaired) electrons. The highest BCUT2D eigenvalue weighted by molar-refractivity contribution is 7.92. The molecule has 0 aliphatic rings. The van der Waals surface area contributed by atoms with E-state index in [4.69, 9.17) is 0 Å². The summed E-state index contributed by atoms with van der Waals surface area (Å²) in [6.45, 7) is 1.53. The van der Waals surface area contributed by atoms with E-state index in [2.05, 4.69) is 9.97 Å². The summed E-state index contributed by atoms with van der Waals surface area (Å²) in [5, 5.41) is -0.299. The van der Waals surface area contributed by atoms with Crippen molar-refractivity contribution in [1.29, 1.82) is 0 Å². The fraction of sp³-hybridized carbons (Fsp3) is 0.182. The first-order valence-electron chi connectivity index (χ1n) is 5.41. The van der Waals surface area contributed by atoms with Gasteiger partial charge in [-0.05, 0) is 19.1 Å². The largest absolute Gasteiger partial charge is 0.418 e. The van der Waals surface area contributed by atoms with Gasteiger partial charge in [-0.25, -0.2) is 4.98 Å². The molecule has 0 atom stereocenters. The highest BCUT2D eigenvalue weighted by Gasteiger charge is 2.34. The number of aryl methyl sites for hydroxylation is 1. The second kappa shape index (κ2) is 4.82. The lowest BCUT2D eigenvalue weighted by atomic mass is 10.2. The first-order valence-corrected chi connectivity index (χ1v) is 6.89. The van der Waals surface area contributed by atoms with E-state index in [-0.39, 0.29) is 5.03 Å². The highest BCUT2D eigenvalue weighted by atomic mass is 32.2. The maximum atomic E-state index is 12.8. The monoisotopic (exact) mass is 305 g/mol. The van der Waals surface area contributed by atoms with Gasteiger partial charge in [0.1, 0.15) is 5.82 Å². The number of hydrogen-bond acceptors (Lipinski definition) is 3. The van der Waals surface area contributed by atoms with Crippen LogP contribution in [0.1, 0.15) is 11.4 Å². The van der Waals surface area contributed by atoms with Gasteiger partial charge in [0.15, 0.2) is 5.03 Å². The van der Waals surface area contributed by atoms with Crippen LogP contribution >= 0.6 is 0 Å². The van der Waals surface area contributed by atoms with E-state index < -0.39 is 27.5 Å². The predicted molar refractivity (Wildman–Crippen MR) is 65.6 cm³/mol. The van der Waals surface area contributed by atoms with Gasteiger partial charge in [-0.1, -0.05) is 12.1 Å². The Morgan fingerprint density at radius 3 is 2.45 bits per heavy atom. The van der Waals surface area contributed by atoms with Crippen LogP contribution in [0.5, 0.6) is 0 Å². The Bertz CT molecular complexity index is 723. The zero-order valence-corrected chi connectivity index (χ0v) is 11.0. The molecule has 0 unspecified atom stereocenters. The Balaban J connectivity index is 2.40. The Morgan fingerprint density at radius 2 is 1.90 bits per heavy atom. The van der Waals surface area contributed by atoms with Crippen LogP contribution in [0.3, 0.4) is 0 Å². The first-order chi connectivity index (χ1) is 9.20. The third-order valence-corrected chi connectivity index (χ3v) is 3.72. The van der Waals surface area contributed by atoms with Gasteiger partial charge in [-0.3, -0.25) is 4.72 Å². The van der Waals surface area contributed by atoms with Crippen LogP contribution in [0, 0.1) is 6.92 Å². The average molecular weight is 305 g/mol. The molecule has 0 saturated heterocycles. The molecule has 2 aromatic rings. The van der Waals surface area contributed by atoms with Gasteiger partial charge in [0.05, 0.1) is 17.4 Å². The summed E-state index contributed by atoms with van der Waals surface area (Å²) in [5.41, 5.74) is -1.59. The lowest BCUT2D eigenvalue weighted by molar-refractivity contribution is -0.136. The number of alkyl halides is 3. The van der Waals surface area contributed by atoms with E-state index in [1.54, 1.807) is 0 Å². The SMILES string of the molecule is Cc1ncc(S(=O)(=O)Nc2ccccc2C(F)(F)F)[nH]1. The van der Waals surface area contributed by atoms with Crippen molar-refractivity contribution in [2.24, 2.45) is 0 Å². The average Bonchev–Trinajstić information content (AvgIpc) is 2.75. The van der Waals surface area contributed by atoms with Gasteiger partial charge in [-0.15, -0.1) is 0 Å². The minimum absolute atomic E-state index is 0.299. The van der Waals surface area contributed by atoms with Gasteiger partial charge in [0.2, 0.25) is 0 Å². The van der Waals surface area contributed by atoms with Crippen molar-refractivity contribution in [2.75, 3.05) is 4.72 Å². The van der Waals surface area contributed by atoms with E-state index in [0.717, 1.165) is 18.3 Å². The lowest BCUT2D eigenvalue weighted by Crippen LogP contribution is -2.17. The molecule has 9 heteroatoms. The van der Waals surface area contributed by atoms with E-state index in [0.29, 0.717) is 5.82 Å². The molecular weight excluding hydrogens is 295 g/mol. The van der Waals surface area contributed by atoms with Crippen molar-refractivity contribution in [3.05, 3.63) is 41.9 Å². The third kappa shape index (κ3) is 2.93. The molecule has 0 saturated carbocycles. The molecule has 2 rings (SSSR count). The summed E-state index contributed by atoms with van der Waals surface area (Å²) in [6, 6.07) is 4.34. The van der Waals surface area contributed by atoms with Gasteiger partial charge >= 0.3 is 6.18 Å². The predicted octanol–water partition coefficient (Wildman–Crippen LogP) is 2.54. The Kier molecular flexibility index (Phi) is 3.46. The minimum atomic E-state index is -4.65. The van der Waals surface area contributed by atoms with Crippen LogP contribution in [-0.2, 0) is 16.2 Å². The Morgan fingerprint density at radius 1 is 1.25 bits per heavy atom. The van der Waals surface area contributed by atoms with E-state index in [1.165, 1.54) is 19.1 Å². The molecule has 1 aromatic heterocycles. The topological polar surface area (TPSA) is 74.8 Å². The molecule has 1 aromatic carbocycles. The molecular formula is C11H10F3N3O2S. The van der Waals surface area contributed by atoms with Crippen LogP contribution < -0.4 is 4.72 Å². The molecule has 2 N–H and O–H groups in total. The van der Waals surface area contributed by atoms with E-state index in [9.17, 15) is 21.6 Å². The molecule has 0 spiro atoms. The van der Waals surface area contributed by atoms with E-state index >= 15 is 0 Å². The van der Waals surface area contributed by atoms with Crippen molar-refractivity contribution in [3.8, 4) is 0 Å². The molecule has 0 fully saturated rings. The van der Waals surface area contributed by atoms with Crippen molar-refractivity contribution >= 4 is 15.7 Å². The molecule has 0 amide bonds. The molecule has 0 aliphatic heterocycles. The normalized spacial score (nSPS) is 12.4. The van der Waals surface area contributed by atoms with Gasteiger partial charge in [0, 0.05) is 0 Å². The third-order valence-electron chi connectivity index (χ3n) is 2.45. The first kappa shape index (κ1) is 14.4. The number of hydrogen-bond donors (Lipinski definition) is 2. The Labute approximate surface area is 112 Å². The number of rotatable bonds is 3. The summed E-state index contributed by atoms with van der Waals surface area (Å²) in [5.74, 6) is 0.342. The molecule has 0 aliphatic carbocycles. The number of sulfonamides is 1. The number of halogens is 3. The number of para-hydroxylation sites is 1. The second-order valence-corrected chi connectivity index (χ2v) is 5.63. The summed E-state index contributed by atoms with van der Waals surface area (Å²) in [4.78, 5) is 6.15. The van der Waals surface area contributed by atoms with Crippen LogP contribution in [0.4, 0.5) is 18.9 Å². The number of imidazole rings is 1. The maximum absolute atomic E-state index is 12.8. The number of nitrogens with one attached hydrogen (secondary N) is 2. The number of benzene rings is 1. The van der Waals surface area contributed by atoms with Crippen molar-refractivity contribution in [2.45, 2.75) is 18.1 Å². The summed E-state index contributed by atoms with van der Waals surface area (Å²) in [6.07, 6.45) is -3.61.